The summed E-state index contributed by atoms with van der Waals surface area (Å²) in [6, 6.07) is 5.59. The van der Waals surface area contributed by atoms with E-state index in [2.05, 4.69) is 14.4 Å². The fourth-order valence-corrected chi connectivity index (χ4v) is 3.79. The molecular formula is C16H15FN4O3S2. The number of carbonyl (C=O) groups excluding carboxylic acids is 1. The Kier molecular flexibility index (Phi) is 5.14. The molecule has 0 aliphatic heterocycles. The second-order valence-corrected chi connectivity index (χ2v) is 8.62. The van der Waals surface area contributed by atoms with Crippen LogP contribution in [0, 0.1) is 5.82 Å². The highest BCUT2D eigenvalue weighted by Crippen LogP contribution is 2.17. The highest BCUT2D eigenvalue weighted by Gasteiger charge is 2.15. The molecule has 26 heavy (non-hydrogen) atoms. The number of carbonyl (C=O) groups is 1. The molecule has 1 amide bonds. The van der Waals surface area contributed by atoms with Crippen LogP contribution in [0.25, 0.3) is 0 Å². The molecule has 0 N–H and O–H groups in total. The van der Waals surface area contributed by atoms with Crippen molar-refractivity contribution in [2.75, 3.05) is 6.26 Å². The summed E-state index contributed by atoms with van der Waals surface area (Å²) < 4.78 is 36.2. The van der Waals surface area contributed by atoms with Crippen LogP contribution in [0.3, 0.4) is 0 Å². The van der Waals surface area contributed by atoms with E-state index >= 15 is 0 Å². The fourth-order valence-electron chi connectivity index (χ4n) is 2.00. The first kappa shape index (κ1) is 18.2. The number of aryl methyl sites for hydroxylation is 1. The summed E-state index contributed by atoms with van der Waals surface area (Å²) in [6.07, 6.45) is 4.36. The molecule has 0 aliphatic rings. The van der Waals surface area contributed by atoms with Gasteiger partial charge in [0.15, 0.2) is 0 Å². The Hall–Kier alpha value is -2.59. The quantitative estimate of drug-likeness (QED) is 0.664. The summed E-state index contributed by atoms with van der Waals surface area (Å²) in [4.78, 5) is 16.8. The maximum Gasteiger partial charge on any atom is 0.304 e. The van der Waals surface area contributed by atoms with Crippen LogP contribution >= 0.6 is 11.3 Å². The van der Waals surface area contributed by atoms with E-state index in [1.165, 1.54) is 58.1 Å². The lowest BCUT2D eigenvalue weighted by Gasteiger charge is -2.03. The molecule has 10 heteroatoms. The molecule has 1 unspecified atom stereocenters. The average molecular weight is 394 g/mol. The third-order valence-electron chi connectivity index (χ3n) is 3.32. The van der Waals surface area contributed by atoms with E-state index in [0.717, 1.165) is 0 Å². The van der Waals surface area contributed by atoms with Crippen molar-refractivity contribution in [1.29, 1.82) is 0 Å². The van der Waals surface area contributed by atoms with Gasteiger partial charge in [-0.15, -0.1) is 11.3 Å². The summed E-state index contributed by atoms with van der Waals surface area (Å²) in [5, 5.41) is 6.03. The van der Waals surface area contributed by atoms with Gasteiger partial charge in [0.05, 0.1) is 20.8 Å². The van der Waals surface area contributed by atoms with E-state index in [-0.39, 0.29) is 18.1 Å². The van der Waals surface area contributed by atoms with Crippen molar-refractivity contribution in [1.82, 2.24) is 14.8 Å². The van der Waals surface area contributed by atoms with Crippen LogP contribution < -0.4 is 4.74 Å². The summed E-state index contributed by atoms with van der Waals surface area (Å²) in [6.45, 7) is 0.133. The molecule has 3 aromatic rings. The van der Waals surface area contributed by atoms with Crippen molar-refractivity contribution in [2.24, 2.45) is 11.4 Å². The molecule has 0 saturated carbocycles. The van der Waals surface area contributed by atoms with Gasteiger partial charge in [-0.1, -0.05) is 0 Å². The zero-order valence-electron chi connectivity index (χ0n) is 14.0. The number of rotatable bonds is 5. The lowest BCUT2D eigenvalue weighted by Crippen LogP contribution is -2.04. The number of nitrogens with zero attached hydrogens (tertiary/aromatic N) is 4. The van der Waals surface area contributed by atoms with Crippen LogP contribution in [0.4, 0.5) is 4.39 Å². The van der Waals surface area contributed by atoms with E-state index in [1.807, 2.05) is 0 Å². The minimum Gasteiger partial charge on any atom is -0.486 e. The lowest BCUT2D eigenvalue weighted by molar-refractivity contribution is 0.100. The van der Waals surface area contributed by atoms with Gasteiger partial charge in [0, 0.05) is 24.9 Å². The lowest BCUT2D eigenvalue weighted by atomic mass is 10.3. The molecule has 0 fully saturated rings. The molecule has 0 aliphatic carbocycles. The number of aromatic nitrogens is 3. The third-order valence-corrected chi connectivity index (χ3v) is 5.74. The van der Waals surface area contributed by atoms with Crippen molar-refractivity contribution in [2.45, 2.75) is 11.5 Å². The minimum atomic E-state index is -2.90. The molecule has 2 heterocycles. The van der Waals surface area contributed by atoms with Gasteiger partial charge in [0.25, 0.3) is 0 Å². The number of hydrogen-bond acceptors (Lipinski definition) is 6. The van der Waals surface area contributed by atoms with Gasteiger partial charge in [0.1, 0.15) is 28.9 Å². The topological polar surface area (TPSA) is 86.4 Å². The average Bonchev–Trinajstić information content (AvgIpc) is 3.23. The molecule has 0 spiro atoms. The van der Waals surface area contributed by atoms with Gasteiger partial charge in [0.2, 0.25) is 0 Å². The Morgan fingerprint density at radius 1 is 1.38 bits per heavy atom. The maximum atomic E-state index is 12.9. The van der Waals surface area contributed by atoms with Crippen LogP contribution in [-0.2, 0) is 23.4 Å². The first-order valence-corrected chi connectivity index (χ1v) is 10.2. The molecule has 7 nitrogen and oxygen atoms in total. The Morgan fingerprint density at radius 3 is 2.77 bits per heavy atom. The van der Waals surface area contributed by atoms with E-state index in [0.29, 0.717) is 15.7 Å². The van der Waals surface area contributed by atoms with Crippen LogP contribution in [-0.4, -0.2) is 31.1 Å². The van der Waals surface area contributed by atoms with E-state index in [9.17, 15) is 13.4 Å². The van der Waals surface area contributed by atoms with E-state index in [1.54, 1.807) is 13.2 Å². The van der Waals surface area contributed by atoms with E-state index in [4.69, 9.17) is 4.74 Å². The normalized spacial score (nSPS) is 13.2. The molecule has 0 bridgehead atoms. The molecule has 0 radical (unpaired) electrons. The molecular weight excluding hydrogens is 379 g/mol. The fraction of sp³-hybridized carbons (Fsp3) is 0.188. The number of benzene rings is 1. The number of thiazole rings is 1. The largest absolute Gasteiger partial charge is 0.486 e. The summed E-state index contributed by atoms with van der Waals surface area (Å²) >= 11 is 1.23. The van der Waals surface area contributed by atoms with Gasteiger partial charge in [-0.3, -0.25) is 9.48 Å². The number of halogens is 1. The third kappa shape index (κ3) is 4.33. The predicted octanol–water partition coefficient (Wildman–Crippen LogP) is 2.89. The van der Waals surface area contributed by atoms with Crippen molar-refractivity contribution < 1.29 is 18.1 Å². The van der Waals surface area contributed by atoms with Crippen molar-refractivity contribution in [3.05, 3.63) is 58.6 Å². The molecule has 0 saturated heterocycles. The zero-order chi connectivity index (χ0) is 18.7. The van der Waals surface area contributed by atoms with Crippen LogP contribution in [0.1, 0.15) is 15.5 Å². The van der Waals surface area contributed by atoms with Gasteiger partial charge in [-0.25, -0.2) is 13.6 Å². The smallest absolute Gasteiger partial charge is 0.304 e. The Balaban J connectivity index is 1.70. The molecule has 136 valence electrons. The molecule has 1 aromatic carbocycles. The maximum absolute atomic E-state index is 12.9. The van der Waals surface area contributed by atoms with Crippen molar-refractivity contribution in [3.63, 3.8) is 0 Å². The zero-order valence-corrected chi connectivity index (χ0v) is 15.6. The molecule has 3 rings (SSSR count). The number of amides is 1. The van der Waals surface area contributed by atoms with Crippen LogP contribution in [0.15, 0.2) is 51.3 Å². The van der Waals surface area contributed by atoms with Crippen molar-refractivity contribution in [3.8, 4) is 5.75 Å². The van der Waals surface area contributed by atoms with Crippen LogP contribution in [0.5, 0.6) is 5.75 Å². The van der Waals surface area contributed by atoms with Gasteiger partial charge >= 0.3 is 5.91 Å². The monoisotopic (exact) mass is 394 g/mol. The predicted molar refractivity (Wildman–Crippen MR) is 95.1 cm³/mol. The SMILES string of the molecule is Cn1cc(S(C)(=O)=NC(=O)c2csc(COc3ccc(F)cc3)n2)cn1. The number of hydrogen-bond donors (Lipinski definition) is 0. The standard InChI is InChI=1S/C16H15FN4O3S2/c1-21-8-13(7-18-21)26(2,23)20-16(22)14-10-25-15(19-14)9-24-12-5-3-11(17)4-6-12/h3-8,10H,9H2,1-2H3. The van der Waals surface area contributed by atoms with Gasteiger partial charge < -0.3 is 4.74 Å². The first-order valence-electron chi connectivity index (χ1n) is 7.41. The highest BCUT2D eigenvalue weighted by molar-refractivity contribution is 7.93. The van der Waals surface area contributed by atoms with Gasteiger partial charge in [-0.2, -0.15) is 9.46 Å². The Bertz CT molecular complexity index is 1050. The second kappa shape index (κ2) is 7.34. The molecule has 1 atom stereocenters. The summed E-state index contributed by atoms with van der Waals surface area (Å²) in [5.74, 6) is -0.518. The first-order chi connectivity index (χ1) is 12.3. The Morgan fingerprint density at radius 2 is 2.12 bits per heavy atom. The Labute approximate surface area is 153 Å². The van der Waals surface area contributed by atoms with Gasteiger partial charge in [-0.05, 0) is 24.3 Å². The van der Waals surface area contributed by atoms with E-state index < -0.39 is 15.6 Å². The number of ether oxygens (including phenoxy) is 1. The second-order valence-electron chi connectivity index (χ2n) is 5.42. The summed E-state index contributed by atoms with van der Waals surface area (Å²) in [7, 11) is -1.21. The minimum absolute atomic E-state index is 0.103. The molecule has 2 aromatic heterocycles. The summed E-state index contributed by atoms with van der Waals surface area (Å²) in [5.41, 5.74) is 0.103. The van der Waals surface area contributed by atoms with Crippen molar-refractivity contribution >= 4 is 27.0 Å². The van der Waals surface area contributed by atoms with Crippen LogP contribution in [0.2, 0.25) is 0 Å². The highest BCUT2D eigenvalue weighted by atomic mass is 32.2.